The van der Waals surface area contributed by atoms with E-state index in [9.17, 15) is 4.79 Å². The Balaban J connectivity index is 1.42. The Morgan fingerprint density at radius 1 is 1.48 bits per heavy atom. The number of hydrogen-bond acceptors (Lipinski definition) is 6. The van der Waals surface area contributed by atoms with Crippen molar-refractivity contribution in [2.45, 2.75) is 45.2 Å². The summed E-state index contributed by atoms with van der Waals surface area (Å²) in [7, 11) is 0. The monoisotopic (exact) mass is 360 g/mol. The highest BCUT2D eigenvalue weighted by Crippen LogP contribution is 2.31. The summed E-state index contributed by atoms with van der Waals surface area (Å²) in [6.45, 7) is 5.12. The van der Waals surface area contributed by atoms with Gasteiger partial charge in [-0.25, -0.2) is 9.78 Å². The van der Waals surface area contributed by atoms with Crippen LogP contribution in [0.4, 0.5) is 4.79 Å². The molecule has 4 rings (SSSR count). The van der Waals surface area contributed by atoms with E-state index in [1.807, 2.05) is 36.0 Å². The molecule has 25 heavy (non-hydrogen) atoms. The van der Waals surface area contributed by atoms with Crippen LogP contribution in [0.15, 0.2) is 22.3 Å². The molecule has 0 bridgehead atoms. The summed E-state index contributed by atoms with van der Waals surface area (Å²) in [5.41, 5.74) is 0.843. The topological polar surface area (TPSA) is 88.6 Å². The largest absolute Gasteiger partial charge is 0.337 e. The molecule has 0 unspecified atom stereocenters. The number of carbonyl (C=O) groups excluding carboxylic acids is 1. The van der Waals surface area contributed by atoms with Gasteiger partial charge in [-0.1, -0.05) is 19.0 Å². The number of thiazole rings is 1. The van der Waals surface area contributed by atoms with Gasteiger partial charge in [0.15, 0.2) is 10.8 Å². The first-order valence-electron chi connectivity index (χ1n) is 8.41. The highest BCUT2D eigenvalue weighted by molar-refractivity contribution is 7.15. The van der Waals surface area contributed by atoms with Gasteiger partial charge in [-0.2, -0.15) is 4.98 Å². The number of amides is 2. The Hall–Kier alpha value is -2.42. The molecule has 1 aliphatic rings. The molecule has 1 saturated heterocycles. The maximum atomic E-state index is 12.6. The molecular formula is C16H20N6O2S. The number of nitrogens with one attached hydrogen (secondary N) is 1. The van der Waals surface area contributed by atoms with Crippen LogP contribution < -0.4 is 5.32 Å². The number of carbonyl (C=O) groups is 1. The predicted octanol–water partition coefficient (Wildman–Crippen LogP) is 2.95. The van der Waals surface area contributed by atoms with E-state index >= 15 is 0 Å². The molecule has 132 valence electrons. The molecule has 0 radical (unpaired) electrons. The van der Waals surface area contributed by atoms with Gasteiger partial charge >= 0.3 is 6.03 Å². The molecule has 9 heteroatoms. The van der Waals surface area contributed by atoms with Crippen molar-refractivity contribution in [1.82, 2.24) is 29.7 Å². The lowest BCUT2D eigenvalue weighted by Crippen LogP contribution is -2.39. The van der Waals surface area contributed by atoms with Crippen molar-refractivity contribution < 1.29 is 9.32 Å². The first kappa shape index (κ1) is 16.1. The summed E-state index contributed by atoms with van der Waals surface area (Å²) in [4.78, 5) is 24.2. The van der Waals surface area contributed by atoms with Crippen LogP contribution >= 0.6 is 11.3 Å². The third-order valence-corrected chi connectivity index (χ3v) is 5.11. The minimum absolute atomic E-state index is 0.122. The van der Waals surface area contributed by atoms with Crippen LogP contribution in [-0.4, -0.2) is 37.0 Å². The van der Waals surface area contributed by atoms with Crippen molar-refractivity contribution in [2.24, 2.45) is 0 Å². The fourth-order valence-electron chi connectivity index (χ4n) is 3.01. The van der Waals surface area contributed by atoms with E-state index in [2.05, 4.69) is 20.4 Å². The van der Waals surface area contributed by atoms with Crippen LogP contribution in [0.5, 0.6) is 0 Å². The third kappa shape index (κ3) is 3.11. The minimum atomic E-state index is -0.148. The molecule has 4 heterocycles. The van der Waals surface area contributed by atoms with Crippen LogP contribution in [-0.2, 0) is 6.54 Å². The second kappa shape index (κ2) is 6.47. The summed E-state index contributed by atoms with van der Waals surface area (Å²) in [5.74, 6) is 1.41. The number of rotatable bonds is 4. The zero-order valence-corrected chi connectivity index (χ0v) is 15.0. The van der Waals surface area contributed by atoms with E-state index in [-0.39, 0.29) is 18.0 Å². The number of imidazole rings is 1. The van der Waals surface area contributed by atoms with E-state index < -0.39 is 0 Å². The number of fused-ring (bicyclic) bond motifs is 1. The molecule has 0 aliphatic carbocycles. The zero-order chi connectivity index (χ0) is 17.4. The van der Waals surface area contributed by atoms with Crippen molar-refractivity contribution in [2.75, 3.05) is 6.54 Å². The molecule has 1 N–H and O–H groups in total. The average molecular weight is 360 g/mol. The van der Waals surface area contributed by atoms with Crippen LogP contribution in [0.25, 0.3) is 4.96 Å². The lowest BCUT2D eigenvalue weighted by Gasteiger charge is -2.22. The first-order chi connectivity index (χ1) is 12.1. The maximum absolute atomic E-state index is 12.6. The first-order valence-corrected chi connectivity index (χ1v) is 9.29. The molecule has 0 aromatic carbocycles. The number of likely N-dealkylation sites (tertiary alicyclic amines) is 1. The van der Waals surface area contributed by atoms with E-state index in [0.717, 1.165) is 23.5 Å². The van der Waals surface area contributed by atoms with Crippen molar-refractivity contribution in [3.8, 4) is 0 Å². The SMILES string of the molecule is CC(C)c1noc([C@@H]2CCCN2C(=O)NCc2cn3ccsc3n2)n1. The van der Waals surface area contributed by atoms with Crippen LogP contribution in [0.2, 0.25) is 0 Å². The van der Waals surface area contributed by atoms with Gasteiger partial charge in [-0.05, 0) is 12.8 Å². The van der Waals surface area contributed by atoms with E-state index in [1.54, 1.807) is 16.2 Å². The number of hydrogen-bond donors (Lipinski definition) is 1. The van der Waals surface area contributed by atoms with Gasteiger partial charge in [0.2, 0.25) is 5.89 Å². The van der Waals surface area contributed by atoms with Crippen LogP contribution in [0.1, 0.15) is 56.1 Å². The van der Waals surface area contributed by atoms with Gasteiger partial charge in [0.1, 0.15) is 6.04 Å². The van der Waals surface area contributed by atoms with Gasteiger partial charge in [0.05, 0.1) is 12.2 Å². The molecule has 0 spiro atoms. The maximum Gasteiger partial charge on any atom is 0.318 e. The van der Waals surface area contributed by atoms with Crippen molar-refractivity contribution in [3.63, 3.8) is 0 Å². The highest BCUT2D eigenvalue weighted by atomic mass is 32.1. The number of aromatic nitrogens is 4. The summed E-state index contributed by atoms with van der Waals surface area (Å²) < 4.78 is 7.34. The van der Waals surface area contributed by atoms with E-state index in [4.69, 9.17) is 4.52 Å². The van der Waals surface area contributed by atoms with Crippen LogP contribution in [0, 0.1) is 0 Å². The minimum Gasteiger partial charge on any atom is -0.337 e. The van der Waals surface area contributed by atoms with Gasteiger partial charge in [0.25, 0.3) is 0 Å². The van der Waals surface area contributed by atoms with Gasteiger partial charge in [-0.15, -0.1) is 11.3 Å². The van der Waals surface area contributed by atoms with Gasteiger partial charge in [0, 0.05) is 30.2 Å². The summed E-state index contributed by atoms with van der Waals surface area (Å²) in [6.07, 6.45) is 5.66. The average Bonchev–Trinajstić information content (AvgIpc) is 3.34. The Morgan fingerprint density at radius 2 is 2.36 bits per heavy atom. The van der Waals surface area contributed by atoms with Crippen molar-refractivity contribution in [1.29, 1.82) is 0 Å². The van der Waals surface area contributed by atoms with Crippen molar-refractivity contribution in [3.05, 3.63) is 35.2 Å². The fourth-order valence-corrected chi connectivity index (χ4v) is 3.73. The zero-order valence-electron chi connectivity index (χ0n) is 14.2. The number of urea groups is 1. The molecule has 8 nitrogen and oxygen atoms in total. The Kier molecular flexibility index (Phi) is 4.16. The molecular weight excluding hydrogens is 340 g/mol. The molecule has 3 aromatic heterocycles. The van der Waals surface area contributed by atoms with Gasteiger partial charge in [-0.3, -0.25) is 4.40 Å². The lowest BCUT2D eigenvalue weighted by atomic mass is 10.2. The summed E-state index contributed by atoms with van der Waals surface area (Å²) in [5, 5.41) is 8.94. The molecule has 0 saturated carbocycles. The summed E-state index contributed by atoms with van der Waals surface area (Å²) in [6, 6.07) is -0.270. The van der Waals surface area contributed by atoms with E-state index in [1.165, 1.54) is 0 Å². The third-order valence-electron chi connectivity index (χ3n) is 4.34. The second-order valence-electron chi connectivity index (χ2n) is 6.48. The van der Waals surface area contributed by atoms with Crippen molar-refractivity contribution >= 4 is 22.3 Å². The Bertz CT molecular complexity index is 854. The van der Waals surface area contributed by atoms with Crippen LogP contribution in [0.3, 0.4) is 0 Å². The normalized spacial score (nSPS) is 17.7. The second-order valence-corrected chi connectivity index (χ2v) is 7.35. The highest BCUT2D eigenvalue weighted by Gasteiger charge is 2.34. The Labute approximate surface area is 148 Å². The fraction of sp³-hybridized carbons (Fsp3) is 0.500. The standard InChI is InChI=1S/C16H20N6O2S/c1-10(2)13-19-14(24-20-13)12-4-3-5-22(12)15(23)17-8-11-9-21-6-7-25-16(21)18-11/h6-7,9-10,12H,3-5,8H2,1-2H3,(H,17,23)/t12-/m0/s1. The molecule has 1 aliphatic heterocycles. The van der Waals surface area contributed by atoms with E-state index in [0.29, 0.717) is 24.8 Å². The predicted molar refractivity (Wildman–Crippen MR) is 92.4 cm³/mol. The molecule has 3 aromatic rings. The molecule has 1 fully saturated rings. The molecule has 1 atom stereocenters. The lowest BCUT2D eigenvalue weighted by molar-refractivity contribution is 0.180. The smallest absolute Gasteiger partial charge is 0.318 e. The molecule has 2 amide bonds. The number of nitrogens with zero attached hydrogens (tertiary/aromatic N) is 5. The quantitative estimate of drug-likeness (QED) is 0.773. The Morgan fingerprint density at radius 3 is 3.12 bits per heavy atom. The van der Waals surface area contributed by atoms with Gasteiger partial charge < -0.3 is 14.7 Å². The summed E-state index contributed by atoms with van der Waals surface area (Å²) >= 11 is 1.57.